The fraction of sp³-hybridized carbons (Fsp3) is 0.900. The minimum atomic E-state index is 0.177. The van der Waals surface area contributed by atoms with Crippen LogP contribution in [0, 0.1) is 0 Å². The van der Waals surface area contributed by atoms with Crippen LogP contribution in [-0.4, -0.2) is 48.0 Å². The van der Waals surface area contributed by atoms with Crippen molar-refractivity contribution >= 4 is 29.4 Å². The Morgan fingerprint density at radius 1 is 1.73 bits per heavy atom. The van der Waals surface area contributed by atoms with Crippen LogP contribution in [0.2, 0.25) is 0 Å². The van der Waals surface area contributed by atoms with E-state index in [1.807, 2.05) is 11.8 Å². The van der Waals surface area contributed by atoms with E-state index in [0.29, 0.717) is 12.5 Å². The standard InChI is InChI=1S/C10H20N2OS2/c1-8(6-14-2)12-10(13)5-9-7-15-4-3-11-9/h8-9,11H,3-7H2,1-2H3,(H,12,13). The average Bonchev–Trinajstić information content (AvgIpc) is 2.19. The highest BCUT2D eigenvalue weighted by molar-refractivity contribution is 7.99. The lowest BCUT2D eigenvalue weighted by Crippen LogP contribution is -2.43. The number of nitrogens with one attached hydrogen (secondary N) is 2. The van der Waals surface area contributed by atoms with E-state index in [0.717, 1.165) is 18.1 Å². The first-order valence-corrected chi connectivity index (χ1v) is 7.86. The molecule has 0 aromatic carbocycles. The number of thioether (sulfide) groups is 2. The zero-order chi connectivity index (χ0) is 11.1. The summed E-state index contributed by atoms with van der Waals surface area (Å²) in [5, 5.41) is 6.39. The second-order valence-electron chi connectivity index (χ2n) is 3.85. The third kappa shape index (κ3) is 5.68. The van der Waals surface area contributed by atoms with Gasteiger partial charge in [-0.15, -0.1) is 0 Å². The molecular weight excluding hydrogens is 228 g/mol. The van der Waals surface area contributed by atoms with Crippen LogP contribution >= 0.6 is 23.5 Å². The predicted octanol–water partition coefficient (Wildman–Crippen LogP) is 0.949. The summed E-state index contributed by atoms with van der Waals surface area (Å²) in [6.07, 6.45) is 2.67. The lowest BCUT2D eigenvalue weighted by Gasteiger charge is -2.23. The number of hydrogen-bond donors (Lipinski definition) is 2. The highest BCUT2D eigenvalue weighted by Crippen LogP contribution is 2.10. The van der Waals surface area contributed by atoms with Crippen LogP contribution < -0.4 is 10.6 Å². The van der Waals surface area contributed by atoms with Crippen LogP contribution in [0.1, 0.15) is 13.3 Å². The Labute approximate surface area is 101 Å². The smallest absolute Gasteiger partial charge is 0.221 e. The van der Waals surface area contributed by atoms with Crippen molar-refractivity contribution in [2.45, 2.75) is 25.4 Å². The molecule has 0 aliphatic carbocycles. The fourth-order valence-corrected chi connectivity index (χ4v) is 3.13. The molecule has 0 aromatic heterocycles. The molecule has 1 fully saturated rings. The minimum absolute atomic E-state index is 0.177. The van der Waals surface area contributed by atoms with Crippen LogP contribution in [0.25, 0.3) is 0 Å². The van der Waals surface area contributed by atoms with Crippen molar-refractivity contribution in [2.75, 3.05) is 30.1 Å². The summed E-state index contributed by atoms with van der Waals surface area (Å²) in [7, 11) is 0. The molecule has 1 rings (SSSR count). The molecule has 15 heavy (non-hydrogen) atoms. The summed E-state index contributed by atoms with van der Waals surface area (Å²) in [4.78, 5) is 11.6. The molecule has 88 valence electrons. The lowest BCUT2D eigenvalue weighted by molar-refractivity contribution is -0.121. The van der Waals surface area contributed by atoms with E-state index in [4.69, 9.17) is 0 Å². The predicted molar refractivity (Wildman–Crippen MR) is 69.7 cm³/mol. The third-order valence-electron chi connectivity index (χ3n) is 2.25. The van der Waals surface area contributed by atoms with Crippen molar-refractivity contribution in [3.63, 3.8) is 0 Å². The van der Waals surface area contributed by atoms with E-state index < -0.39 is 0 Å². The summed E-state index contributed by atoms with van der Waals surface area (Å²) < 4.78 is 0. The second-order valence-corrected chi connectivity index (χ2v) is 5.91. The molecule has 0 aromatic rings. The zero-order valence-electron chi connectivity index (χ0n) is 9.41. The molecule has 1 saturated heterocycles. The fourth-order valence-electron chi connectivity index (χ4n) is 1.60. The first-order valence-electron chi connectivity index (χ1n) is 5.31. The Balaban J connectivity index is 2.16. The molecule has 1 heterocycles. The van der Waals surface area contributed by atoms with Gasteiger partial charge in [0.15, 0.2) is 0 Å². The van der Waals surface area contributed by atoms with Gasteiger partial charge < -0.3 is 10.6 Å². The molecule has 3 nitrogen and oxygen atoms in total. The molecule has 1 aliphatic heterocycles. The van der Waals surface area contributed by atoms with Gasteiger partial charge in [0.2, 0.25) is 5.91 Å². The number of carbonyl (C=O) groups excluding carboxylic acids is 1. The van der Waals surface area contributed by atoms with Gasteiger partial charge in [-0.1, -0.05) is 0 Å². The van der Waals surface area contributed by atoms with Crippen LogP contribution in [0.4, 0.5) is 0 Å². The Morgan fingerprint density at radius 2 is 2.53 bits per heavy atom. The van der Waals surface area contributed by atoms with Gasteiger partial charge in [0.05, 0.1) is 0 Å². The van der Waals surface area contributed by atoms with Crippen LogP contribution in [0.5, 0.6) is 0 Å². The van der Waals surface area contributed by atoms with Gasteiger partial charge in [0.1, 0.15) is 0 Å². The second kappa shape index (κ2) is 7.41. The van der Waals surface area contributed by atoms with Crippen molar-refractivity contribution in [1.29, 1.82) is 0 Å². The maximum Gasteiger partial charge on any atom is 0.221 e. The van der Waals surface area contributed by atoms with E-state index in [1.54, 1.807) is 11.8 Å². The van der Waals surface area contributed by atoms with E-state index >= 15 is 0 Å². The number of carbonyl (C=O) groups is 1. The van der Waals surface area contributed by atoms with Crippen molar-refractivity contribution in [2.24, 2.45) is 0 Å². The van der Waals surface area contributed by atoms with Gasteiger partial charge in [-0.25, -0.2) is 0 Å². The highest BCUT2D eigenvalue weighted by Gasteiger charge is 2.17. The topological polar surface area (TPSA) is 41.1 Å². The Hall–Kier alpha value is 0.130. The zero-order valence-corrected chi connectivity index (χ0v) is 11.0. The lowest BCUT2D eigenvalue weighted by atomic mass is 10.2. The Kier molecular flexibility index (Phi) is 6.52. The first-order chi connectivity index (χ1) is 7.22. The Bertz CT molecular complexity index is 196. The molecule has 1 amide bonds. The maximum atomic E-state index is 11.6. The highest BCUT2D eigenvalue weighted by atomic mass is 32.2. The van der Waals surface area contributed by atoms with Crippen molar-refractivity contribution in [3.8, 4) is 0 Å². The minimum Gasteiger partial charge on any atom is -0.353 e. The summed E-state index contributed by atoms with van der Waals surface area (Å²) in [5.41, 5.74) is 0. The van der Waals surface area contributed by atoms with Gasteiger partial charge in [0.25, 0.3) is 0 Å². The summed E-state index contributed by atoms with van der Waals surface area (Å²) in [5.74, 6) is 3.39. The maximum absolute atomic E-state index is 11.6. The summed E-state index contributed by atoms with van der Waals surface area (Å²) in [6, 6.07) is 0.647. The monoisotopic (exact) mass is 248 g/mol. The van der Waals surface area contributed by atoms with Gasteiger partial charge >= 0.3 is 0 Å². The van der Waals surface area contributed by atoms with Gasteiger partial charge in [-0.3, -0.25) is 4.79 Å². The SMILES string of the molecule is CSCC(C)NC(=O)CC1CSCCN1. The molecule has 5 heteroatoms. The van der Waals surface area contributed by atoms with Gasteiger partial charge in [-0.2, -0.15) is 23.5 Å². The molecule has 0 bridgehead atoms. The van der Waals surface area contributed by atoms with Crippen molar-refractivity contribution < 1.29 is 4.79 Å². The molecule has 1 aliphatic rings. The summed E-state index contributed by atoms with van der Waals surface area (Å²) >= 11 is 3.69. The largest absolute Gasteiger partial charge is 0.353 e. The van der Waals surface area contributed by atoms with E-state index in [-0.39, 0.29) is 11.9 Å². The quantitative estimate of drug-likeness (QED) is 0.760. The van der Waals surface area contributed by atoms with Gasteiger partial charge in [0, 0.05) is 42.3 Å². The first kappa shape index (κ1) is 13.2. The van der Waals surface area contributed by atoms with E-state index in [9.17, 15) is 4.79 Å². The molecule has 2 N–H and O–H groups in total. The Morgan fingerprint density at radius 3 is 3.13 bits per heavy atom. The molecule has 0 spiro atoms. The van der Waals surface area contributed by atoms with Crippen molar-refractivity contribution in [1.82, 2.24) is 10.6 Å². The van der Waals surface area contributed by atoms with Crippen LogP contribution in [-0.2, 0) is 4.79 Å². The van der Waals surface area contributed by atoms with E-state index in [1.165, 1.54) is 5.75 Å². The molecule has 2 atom stereocenters. The number of rotatable bonds is 5. The molecular formula is C10H20N2OS2. The van der Waals surface area contributed by atoms with Crippen LogP contribution in [0.15, 0.2) is 0 Å². The van der Waals surface area contributed by atoms with E-state index in [2.05, 4.69) is 23.8 Å². The molecule has 0 saturated carbocycles. The third-order valence-corrected chi connectivity index (χ3v) is 4.22. The summed E-state index contributed by atoms with van der Waals surface area (Å²) in [6.45, 7) is 3.08. The van der Waals surface area contributed by atoms with Crippen molar-refractivity contribution in [3.05, 3.63) is 0 Å². The average molecular weight is 248 g/mol. The normalized spacial score (nSPS) is 23.5. The molecule has 0 radical (unpaired) electrons. The number of amides is 1. The molecule has 2 unspecified atom stereocenters. The van der Waals surface area contributed by atoms with Crippen LogP contribution in [0.3, 0.4) is 0 Å². The van der Waals surface area contributed by atoms with Gasteiger partial charge in [-0.05, 0) is 13.2 Å². The number of hydrogen-bond acceptors (Lipinski definition) is 4.